The first-order chi connectivity index (χ1) is 8.39. The van der Waals surface area contributed by atoms with E-state index in [4.69, 9.17) is 5.11 Å². The van der Waals surface area contributed by atoms with Gasteiger partial charge in [-0.05, 0) is 19.8 Å². The molecule has 0 aromatic heterocycles. The van der Waals surface area contributed by atoms with Gasteiger partial charge in [-0.1, -0.05) is 6.92 Å². The number of carbonyl (C=O) groups is 3. The molecular formula is C12H20N2O4. The lowest BCUT2D eigenvalue weighted by Gasteiger charge is -2.24. The van der Waals surface area contributed by atoms with Crippen molar-refractivity contribution in [2.75, 3.05) is 19.6 Å². The quantitative estimate of drug-likeness (QED) is 0.712. The van der Waals surface area contributed by atoms with Crippen molar-refractivity contribution >= 4 is 17.8 Å². The Bertz CT molecular complexity index is 356. The van der Waals surface area contributed by atoms with Gasteiger partial charge in [0, 0.05) is 19.5 Å². The number of likely N-dealkylation sites (tertiary alicyclic amines) is 1. The van der Waals surface area contributed by atoms with Crippen LogP contribution in [0, 0.1) is 5.41 Å². The van der Waals surface area contributed by atoms with Crippen LogP contribution in [0.2, 0.25) is 0 Å². The molecule has 0 bridgehead atoms. The molecule has 1 atom stereocenters. The van der Waals surface area contributed by atoms with Crippen LogP contribution in [0.1, 0.15) is 33.1 Å². The molecule has 102 valence electrons. The summed E-state index contributed by atoms with van der Waals surface area (Å²) in [5.74, 6) is -1.24. The number of hydrogen-bond acceptors (Lipinski definition) is 3. The molecule has 6 nitrogen and oxygen atoms in total. The summed E-state index contributed by atoms with van der Waals surface area (Å²) in [6.45, 7) is 4.08. The Hall–Kier alpha value is -1.59. The van der Waals surface area contributed by atoms with Gasteiger partial charge in [-0.15, -0.1) is 0 Å². The Morgan fingerprint density at radius 3 is 2.61 bits per heavy atom. The minimum absolute atomic E-state index is 0.0124. The van der Waals surface area contributed by atoms with Gasteiger partial charge in [0.2, 0.25) is 11.8 Å². The fourth-order valence-corrected chi connectivity index (χ4v) is 1.75. The smallest absolute Gasteiger partial charge is 0.311 e. The molecule has 1 aliphatic rings. The lowest BCUT2D eigenvalue weighted by molar-refractivity contribution is -0.148. The highest BCUT2D eigenvalue weighted by molar-refractivity contribution is 5.86. The van der Waals surface area contributed by atoms with Gasteiger partial charge in [0.05, 0.1) is 12.0 Å². The van der Waals surface area contributed by atoms with Crippen LogP contribution in [-0.2, 0) is 14.4 Å². The summed E-state index contributed by atoms with van der Waals surface area (Å²) in [6.07, 6.45) is 1.72. The summed E-state index contributed by atoms with van der Waals surface area (Å²) in [5, 5.41) is 11.6. The zero-order valence-electron chi connectivity index (χ0n) is 10.9. The van der Waals surface area contributed by atoms with Crippen molar-refractivity contribution in [3.05, 3.63) is 0 Å². The Morgan fingerprint density at radius 2 is 2.17 bits per heavy atom. The first kappa shape index (κ1) is 14.5. The minimum atomic E-state index is -0.954. The molecule has 1 heterocycles. The van der Waals surface area contributed by atoms with Crippen LogP contribution in [0.5, 0.6) is 0 Å². The molecule has 0 aliphatic carbocycles. The molecule has 1 aliphatic heterocycles. The second-order valence-electron chi connectivity index (χ2n) is 4.91. The Morgan fingerprint density at radius 1 is 1.50 bits per heavy atom. The highest BCUT2D eigenvalue weighted by atomic mass is 16.4. The van der Waals surface area contributed by atoms with Crippen molar-refractivity contribution in [2.24, 2.45) is 5.41 Å². The molecule has 0 saturated carbocycles. The molecule has 2 amide bonds. The van der Waals surface area contributed by atoms with E-state index in [1.54, 1.807) is 13.8 Å². The van der Waals surface area contributed by atoms with E-state index in [0.29, 0.717) is 19.4 Å². The van der Waals surface area contributed by atoms with E-state index in [-0.39, 0.29) is 24.9 Å². The van der Waals surface area contributed by atoms with Crippen LogP contribution in [-0.4, -0.2) is 47.4 Å². The third-order valence-corrected chi connectivity index (χ3v) is 3.48. The Kier molecular flexibility index (Phi) is 4.69. The highest BCUT2D eigenvalue weighted by Gasteiger charge is 2.32. The van der Waals surface area contributed by atoms with Gasteiger partial charge in [-0.25, -0.2) is 0 Å². The number of carbonyl (C=O) groups excluding carboxylic acids is 2. The molecule has 1 rings (SSSR count). The zero-order chi connectivity index (χ0) is 13.8. The first-order valence-electron chi connectivity index (χ1n) is 6.17. The predicted octanol–water partition coefficient (Wildman–Crippen LogP) is 0.226. The minimum Gasteiger partial charge on any atom is -0.481 e. The normalized spacial score (nSPS) is 18.6. The molecule has 1 saturated heterocycles. The summed E-state index contributed by atoms with van der Waals surface area (Å²) in [7, 11) is 0. The fraction of sp³-hybridized carbons (Fsp3) is 0.750. The first-order valence-corrected chi connectivity index (χ1v) is 6.17. The second kappa shape index (κ2) is 5.84. The van der Waals surface area contributed by atoms with Crippen molar-refractivity contribution < 1.29 is 19.5 Å². The fourth-order valence-electron chi connectivity index (χ4n) is 1.75. The van der Waals surface area contributed by atoms with Crippen LogP contribution in [0.4, 0.5) is 0 Å². The number of rotatable bonds is 6. The maximum Gasteiger partial charge on any atom is 0.311 e. The monoisotopic (exact) mass is 256 g/mol. The topological polar surface area (TPSA) is 86.7 Å². The molecule has 1 unspecified atom stereocenters. The number of hydrogen-bond donors (Lipinski definition) is 2. The summed E-state index contributed by atoms with van der Waals surface area (Å²) >= 11 is 0. The van der Waals surface area contributed by atoms with Crippen LogP contribution < -0.4 is 5.32 Å². The molecule has 0 spiro atoms. The van der Waals surface area contributed by atoms with Gasteiger partial charge in [-0.2, -0.15) is 0 Å². The van der Waals surface area contributed by atoms with E-state index < -0.39 is 11.4 Å². The standard InChI is InChI=1S/C12H20N2O4/c1-3-12(2,11(17)18)8-13-9(15)7-14-6-4-5-10(14)16/h3-8H2,1-2H3,(H,13,15)(H,17,18). The summed E-state index contributed by atoms with van der Waals surface area (Å²) in [6, 6.07) is 0. The van der Waals surface area contributed by atoms with Crippen LogP contribution >= 0.6 is 0 Å². The van der Waals surface area contributed by atoms with Crippen LogP contribution in [0.25, 0.3) is 0 Å². The lowest BCUT2D eigenvalue weighted by Crippen LogP contribution is -2.44. The molecular weight excluding hydrogens is 236 g/mol. The molecule has 0 radical (unpaired) electrons. The second-order valence-corrected chi connectivity index (χ2v) is 4.91. The van der Waals surface area contributed by atoms with E-state index in [0.717, 1.165) is 6.42 Å². The van der Waals surface area contributed by atoms with Crippen molar-refractivity contribution in [1.82, 2.24) is 10.2 Å². The maximum absolute atomic E-state index is 11.6. The van der Waals surface area contributed by atoms with Crippen molar-refractivity contribution in [3.8, 4) is 0 Å². The van der Waals surface area contributed by atoms with Crippen LogP contribution in [0.15, 0.2) is 0 Å². The summed E-state index contributed by atoms with van der Waals surface area (Å²) < 4.78 is 0. The van der Waals surface area contributed by atoms with E-state index in [2.05, 4.69) is 5.32 Å². The Labute approximate surface area is 106 Å². The third kappa shape index (κ3) is 3.45. The van der Waals surface area contributed by atoms with Gasteiger partial charge in [0.1, 0.15) is 0 Å². The summed E-state index contributed by atoms with van der Waals surface area (Å²) in [4.78, 5) is 35.5. The van der Waals surface area contributed by atoms with Gasteiger partial charge in [0.25, 0.3) is 0 Å². The number of aliphatic carboxylic acids is 1. The van der Waals surface area contributed by atoms with Gasteiger partial charge in [-0.3, -0.25) is 14.4 Å². The van der Waals surface area contributed by atoms with Crippen molar-refractivity contribution in [3.63, 3.8) is 0 Å². The van der Waals surface area contributed by atoms with Crippen molar-refractivity contribution in [2.45, 2.75) is 33.1 Å². The number of carboxylic acid groups (broad SMARTS) is 1. The average molecular weight is 256 g/mol. The number of amides is 2. The summed E-state index contributed by atoms with van der Waals surface area (Å²) in [5.41, 5.74) is -0.954. The Balaban J connectivity index is 2.41. The molecule has 6 heteroatoms. The number of nitrogens with zero attached hydrogens (tertiary/aromatic N) is 1. The molecule has 0 aromatic rings. The van der Waals surface area contributed by atoms with E-state index in [1.807, 2.05) is 0 Å². The van der Waals surface area contributed by atoms with Crippen molar-refractivity contribution in [1.29, 1.82) is 0 Å². The maximum atomic E-state index is 11.6. The van der Waals surface area contributed by atoms with E-state index >= 15 is 0 Å². The number of carboxylic acids is 1. The van der Waals surface area contributed by atoms with Gasteiger partial charge < -0.3 is 15.3 Å². The van der Waals surface area contributed by atoms with E-state index in [9.17, 15) is 14.4 Å². The predicted molar refractivity (Wildman–Crippen MR) is 64.9 cm³/mol. The van der Waals surface area contributed by atoms with Crippen LogP contribution in [0.3, 0.4) is 0 Å². The molecule has 18 heavy (non-hydrogen) atoms. The lowest BCUT2D eigenvalue weighted by atomic mass is 9.88. The van der Waals surface area contributed by atoms with Gasteiger partial charge >= 0.3 is 5.97 Å². The van der Waals surface area contributed by atoms with E-state index in [1.165, 1.54) is 4.90 Å². The molecule has 0 aromatic carbocycles. The average Bonchev–Trinajstić information content (AvgIpc) is 2.71. The SMILES string of the molecule is CCC(C)(CNC(=O)CN1CCCC1=O)C(=O)O. The molecule has 1 fully saturated rings. The largest absolute Gasteiger partial charge is 0.481 e. The zero-order valence-corrected chi connectivity index (χ0v) is 10.9. The number of nitrogens with one attached hydrogen (secondary N) is 1. The third-order valence-electron chi connectivity index (χ3n) is 3.48. The highest BCUT2D eigenvalue weighted by Crippen LogP contribution is 2.19. The molecule has 2 N–H and O–H groups in total. The van der Waals surface area contributed by atoms with Gasteiger partial charge in [0.15, 0.2) is 0 Å².